The third kappa shape index (κ3) is 5.16. The summed E-state index contributed by atoms with van der Waals surface area (Å²) in [7, 11) is 0. The lowest BCUT2D eigenvalue weighted by molar-refractivity contribution is -0.148. The molecule has 0 aromatic heterocycles. The molecular weight excluding hydrogens is 526 g/mol. The van der Waals surface area contributed by atoms with Gasteiger partial charge >= 0.3 is 0 Å². The highest BCUT2D eigenvalue weighted by Crippen LogP contribution is 2.60. The highest BCUT2D eigenvalue weighted by molar-refractivity contribution is 9.09. The number of unbranched alkanes of at least 4 members (excludes halogenated alkanes) is 2. The van der Waals surface area contributed by atoms with Crippen LogP contribution in [-0.2, 0) is 19.1 Å². The molecule has 3 fully saturated rings. The number of likely N-dealkylation sites (tertiary alicyclic amines) is 1. The van der Waals surface area contributed by atoms with Crippen molar-refractivity contribution in [3.63, 3.8) is 0 Å². The minimum Gasteiger partial charge on any atom is -0.396 e. The minimum atomic E-state index is -1.05. The van der Waals surface area contributed by atoms with Crippen molar-refractivity contribution in [3.05, 3.63) is 25.3 Å². The summed E-state index contributed by atoms with van der Waals surface area (Å²) < 4.78 is 6.60. The zero-order valence-electron chi connectivity index (χ0n) is 21.7. The summed E-state index contributed by atoms with van der Waals surface area (Å²) in [6, 6.07) is -0.799. The fourth-order valence-corrected chi connectivity index (χ4v) is 7.17. The van der Waals surface area contributed by atoms with E-state index in [1.165, 1.54) is 0 Å². The maximum Gasteiger partial charge on any atom is 0.248 e. The fourth-order valence-electron chi connectivity index (χ4n) is 6.22. The number of hydrogen-bond acceptors (Lipinski definition) is 5. The van der Waals surface area contributed by atoms with Crippen molar-refractivity contribution < 1.29 is 24.2 Å². The molecule has 3 rings (SSSR count). The van der Waals surface area contributed by atoms with E-state index in [1.54, 1.807) is 26.9 Å². The molecule has 6 atom stereocenters. The lowest BCUT2D eigenvalue weighted by Gasteiger charge is -2.37. The van der Waals surface area contributed by atoms with Crippen molar-refractivity contribution >= 4 is 33.7 Å². The Hall–Kier alpha value is -1.71. The number of fused-ring (bicyclic) bond motifs is 1. The SMILES string of the molecule is C=CCN(CCCC)C(=O)C1N(CCCCO)C(=O)[C@@H]2[C@@H](C(=O)N(CC=C)CCC)[C@@H]3OC12CC3Br. The normalized spacial score (nSPS) is 30.4. The second-order valence-corrected chi connectivity index (χ2v) is 11.3. The van der Waals surface area contributed by atoms with Crippen LogP contribution in [-0.4, -0.2) is 99.4 Å². The predicted molar refractivity (Wildman–Crippen MR) is 142 cm³/mol. The molecule has 3 aliphatic heterocycles. The highest BCUT2D eigenvalue weighted by atomic mass is 79.9. The summed E-state index contributed by atoms with van der Waals surface area (Å²) in [5, 5.41) is 9.33. The van der Waals surface area contributed by atoms with Crippen LogP contribution in [0.15, 0.2) is 25.3 Å². The molecule has 3 heterocycles. The van der Waals surface area contributed by atoms with Gasteiger partial charge in [-0.05, 0) is 32.1 Å². The molecule has 1 spiro atoms. The van der Waals surface area contributed by atoms with E-state index in [0.29, 0.717) is 52.0 Å². The van der Waals surface area contributed by atoms with Crippen LogP contribution in [0.3, 0.4) is 0 Å². The molecule has 3 amide bonds. The van der Waals surface area contributed by atoms with Crippen LogP contribution in [0.1, 0.15) is 52.4 Å². The van der Waals surface area contributed by atoms with E-state index in [-0.39, 0.29) is 29.2 Å². The summed E-state index contributed by atoms with van der Waals surface area (Å²) in [6.45, 7) is 14.0. The maximum atomic E-state index is 14.1. The van der Waals surface area contributed by atoms with E-state index < -0.39 is 29.6 Å². The quantitative estimate of drug-likeness (QED) is 0.187. The van der Waals surface area contributed by atoms with Crippen molar-refractivity contribution in [2.75, 3.05) is 39.3 Å². The molecule has 2 bridgehead atoms. The first-order valence-corrected chi connectivity index (χ1v) is 14.3. The number of carbonyl (C=O) groups excluding carboxylic acids is 3. The van der Waals surface area contributed by atoms with E-state index >= 15 is 0 Å². The molecule has 0 aliphatic carbocycles. The number of ether oxygens (including phenoxy) is 1. The van der Waals surface area contributed by atoms with Crippen LogP contribution in [0.5, 0.6) is 0 Å². The van der Waals surface area contributed by atoms with E-state index in [2.05, 4.69) is 36.0 Å². The molecule has 202 valence electrons. The second-order valence-electron chi connectivity index (χ2n) is 10.1. The van der Waals surface area contributed by atoms with Crippen LogP contribution >= 0.6 is 15.9 Å². The Bertz CT molecular complexity index is 838. The first kappa shape index (κ1) is 28.9. The van der Waals surface area contributed by atoms with Gasteiger partial charge in [0.2, 0.25) is 17.7 Å². The van der Waals surface area contributed by atoms with Crippen LogP contribution in [0.25, 0.3) is 0 Å². The molecule has 0 saturated carbocycles. The van der Waals surface area contributed by atoms with Crippen molar-refractivity contribution in [2.45, 2.75) is 74.9 Å². The Morgan fingerprint density at radius 1 is 1.11 bits per heavy atom. The topological polar surface area (TPSA) is 90.4 Å². The molecule has 3 saturated heterocycles. The lowest BCUT2D eigenvalue weighted by atomic mass is 9.70. The molecule has 0 radical (unpaired) electrons. The average Bonchev–Trinajstić information content (AvgIpc) is 3.44. The molecular formula is C27H42BrN3O5. The van der Waals surface area contributed by atoms with Crippen LogP contribution in [0.2, 0.25) is 0 Å². The monoisotopic (exact) mass is 567 g/mol. The van der Waals surface area contributed by atoms with Gasteiger partial charge in [0.1, 0.15) is 11.6 Å². The number of carbonyl (C=O) groups is 3. The number of alkyl halides is 1. The van der Waals surface area contributed by atoms with E-state index in [4.69, 9.17) is 4.74 Å². The van der Waals surface area contributed by atoms with Gasteiger partial charge < -0.3 is 24.5 Å². The minimum absolute atomic E-state index is 0.0188. The Labute approximate surface area is 223 Å². The van der Waals surface area contributed by atoms with Gasteiger partial charge in [0.05, 0.1) is 17.9 Å². The molecule has 9 heteroatoms. The fraction of sp³-hybridized carbons (Fsp3) is 0.741. The number of aliphatic hydroxyl groups is 1. The Balaban J connectivity index is 2.03. The van der Waals surface area contributed by atoms with Crippen molar-refractivity contribution in [2.24, 2.45) is 11.8 Å². The highest BCUT2D eigenvalue weighted by Gasteiger charge is 2.76. The lowest BCUT2D eigenvalue weighted by Crippen LogP contribution is -2.57. The molecule has 36 heavy (non-hydrogen) atoms. The molecule has 3 aliphatic rings. The van der Waals surface area contributed by atoms with Crippen molar-refractivity contribution in [1.29, 1.82) is 0 Å². The molecule has 8 nitrogen and oxygen atoms in total. The van der Waals surface area contributed by atoms with Crippen LogP contribution < -0.4 is 0 Å². The van der Waals surface area contributed by atoms with Crippen molar-refractivity contribution in [3.8, 4) is 0 Å². The van der Waals surface area contributed by atoms with Gasteiger partial charge in [0.25, 0.3) is 0 Å². The Morgan fingerprint density at radius 3 is 2.36 bits per heavy atom. The third-order valence-electron chi connectivity index (χ3n) is 7.71. The maximum absolute atomic E-state index is 14.1. The summed E-state index contributed by atoms with van der Waals surface area (Å²) in [5.41, 5.74) is -1.05. The van der Waals surface area contributed by atoms with Crippen molar-refractivity contribution in [1.82, 2.24) is 14.7 Å². The van der Waals surface area contributed by atoms with Gasteiger partial charge in [0.15, 0.2) is 0 Å². The zero-order valence-corrected chi connectivity index (χ0v) is 23.3. The standard InChI is InChI=1S/C27H42BrN3O5/c1-5-9-15-30(14-8-4)26(35)23-27-18-19(28)22(36-27)20(24(33)29(12-6-2)13-7-3)21(27)25(34)31(23)16-10-11-17-32/h6,8,19-23,32H,2,4-5,7,9-18H2,1,3H3/t19?,20-,21+,22-,23?,27?/m1/s1. The number of halogens is 1. The predicted octanol–water partition coefficient (Wildman–Crippen LogP) is 2.75. The van der Waals surface area contributed by atoms with Gasteiger partial charge in [-0.15, -0.1) is 13.2 Å². The zero-order chi connectivity index (χ0) is 26.5. The van der Waals surface area contributed by atoms with E-state index in [1.807, 2.05) is 6.92 Å². The van der Waals surface area contributed by atoms with Gasteiger partial charge in [-0.25, -0.2) is 0 Å². The molecule has 1 N–H and O–H groups in total. The van der Waals surface area contributed by atoms with Crippen LogP contribution in [0.4, 0.5) is 0 Å². The van der Waals surface area contributed by atoms with E-state index in [0.717, 1.165) is 19.3 Å². The third-order valence-corrected chi connectivity index (χ3v) is 8.56. The smallest absolute Gasteiger partial charge is 0.248 e. The van der Waals surface area contributed by atoms with E-state index in [9.17, 15) is 19.5 Å². The Kier molecular flexibility index (Phi) is 10.2. The van der Waals surface area contributed by atoms with Gasteiger partial charge in [-0.1, -0.05) is 48.4 Å². The first-order chi connectivity index (χ1) is 17.3. The van der Waals surface area contributed by atoms with Gasteiger partial charge in [0, 0.05) is 44.2 Å². The molecule has 0 aromatic carbocycles. The molecule has 0 aromatic rings. The Morgan fingerprint density at radius 2 is 1.78 bits per heavy atom. The number of aliphatic hydroxyl groups excluding tert-OH is 1. The average molecular weight is 569 g/mol. The van der Waals surface area contributed by atoms with Gasteiger partial charge in [-0.2, -0.15) is 0 Å². The largest absolute Gasteiger partial charge is 0.396 e. The summed E-state index contributed by atoms with van der Waals surface area (Å²) in [4.78, 5) is 47.0. The number of amides is 3. The van der Waals surface area contributed by atoms with Crippen LogP contribution in [0, 0.1) is 11.8 Å². The van der Waals surface area contributed by atoms with Gasteiger partial charge in [-0.3, -0.25) is 14.4 Å². The number of nitrogens with zero attached hydrogens (tertiary/aromatic N) is 3. The second kappa shape index (κ2) is 12.7. The number of hydrogen-bond donors (Lipinski definition) is 1. The number of rotatable bonds is 15. The summed E-state index contributed by atoms with van der Waals surface area (Å²) >= 11 is 3.73. The molecule has 3 unspecified atom stereocenters. The first-order valence-electron chi connectivity index (χ1n) is 13.3. The summed E-state index contributed by atoms with van der Waals surface area (Å²) in [5.74, 6) is -1.79. The summed E-state index contributed by atoms with van der Waals surface area (Å²) in [6.07, 6.45) is 7.13.